The second-order valence-electron chi connectivity index (χ2n) is 2.46. The lowest BCUT2D eigenvalue weighted by molar-refractivity contribution is 0.176. The highest BCUT2D eigenvalue weighted by Gasteiger charge is 1.97. The summed E-state index contributed by atoms with van der Waals surface area (Å²) in [6, 6.07) is 0. The van der Waals surface area contributed by atoms with Crippen LogP contribution in [0.5, 0.6) is 0 Å². The van der Waals surface area contributed by atoms with Gasteiger partial charge in [0.15, 0.2) is 0 Å². The van der Waals surface area contributed by atoms with E-state index in [0.29, 0.717) is 6.42 Å². The van der Waals surface area contributed by atoms with Crippen molar-refractivity contribution in [3.8, 4) is 0 Å². The molecule has 68 valence electrons. The Kier molecular flexibility index (Phi) is 6.11. The van der Waals surface area contributed by atoms with E-state index < -0.39 is 0 Å². The van der Waals surface area contributed by atoms with Crippen LogP contribution < -0.4 is 5.73 Å². The van der Waals surface area contributed by atoms with E-state index in [1.165, 1.54) is 0 Å². The topological polar surface area (TPSA) is 35.2 Å². The number of allylic oxidation sites excluding steroid dienone is 2. The van der Waals surface area contributed by atoms with Gasteiger partial charge in [0, 0.05) is 19.2 Å². The Morgan fingerprint density at radius 3 is 2.75 bits per heavy atom. The zero-order chi connectivity index (χ0) is 9.40. The maximum Gasteiger partial charge on any atom is 0.0953 e. The van der Waals surface area contributed by atoms with Gasteiger partial charge in [0.05, 0.1) is 6.10 Å². The largest absolute Gasteiger partial charge is 0.402 e. The van der Waals surface area contributed by atoms with Gasteiger partial charge in [-0.1, -0.05) is 18.2 Å². The fourth-order valence-corrected chi connectivity index (χ4v) is 0.838. The van der Waals surface area contributed by atoms with E-state index in [0.717, 1.165) is 5.70 Å². The van der Waals surface area contributed by atoms with Crippen LogP contribution in [0.25, 0.3) is 0 Å². The van der Waals surface area contributed by atoms with Gasteiger partial charge < -0.3 is 10.5 Å². The van der Waals surface area contributed by atoms with Crippen LogP contribution in [-0.2, 0) is 4.74 Å². The Balaban J connectivity index is 4.13. The van der Waals surface area contributed by atoms with Crippen LogP contribution in [0.3, 0.4) is 0 Å². The highest BCUT2D eigenvalue weighted by molar-refractivity contribution is 5.10. The number of ether oxygens (including phenoxy) is 1. The number of nitrogens with two attached hydrogens (primary N) is 1. The zero-order valence-corrected chi connectivity index (χ0v) is 7.79. The molecule has 0 aliphatic rings. The highest BCUT2D eigenvalue weighted by atomic mass is 16.5. The number of methoxy groups -OCH3 is 1. The molecule has 0 bridgehead atoms. The molecular weight excluding hydrogens is 150 g/mol. The minimum atomic E-state index is -0.0186. The average Bonchev–Trinajstić information content (AvgIpc) is 2.04. The molecule has 0 fully saturated rings. The average molecular weight is 167 g/mol. The molecular formula is C10H17NO. The maximum atomic E-state index is 5.67. The summed E-state index contributed by atoms with van der Waals surface area (Å²) in [5, 5.41) is 0. The van der Waals surface area contributed by atoms with Crippen molar-refractivity contribution in [3.63, 3.8) is 0 Å². The van der Waals surface area contributed by atoms with E-state index in [1.807, 2.05) is 25.2 Å². The van der Waals surface area contributed by atoms with Crippen molar-refractivity contribution in [1.29, 1.82) is 0 Å². The zero-order valence-electron chi connectivity index (χ0n) is 7.79. The molecule has 0 saturated carbocycles. The van der Waals surface area contributed by atoms with Gasteiger partial charge in [-0.2, -0.15) is 0 Å². The smallest absolute Gasteiger partial charge is 0.0953 e. The normalized spacial score (nSPS) is 15.0. The monoisotopic (exact) mass is 167 g/mol. The molecule has 2 heteroatoms. The molecule has 1 unspecified atom stereocenters. The Hall–Kier alpha value is -1.02. The van der Waals surface area contributed by atoms with E-state index in [2.05, 4.69) is 6.58 Å². The third-order valence-corrected chi connectivity index (χ3v) is 1.41. The van der Waals surface area contributed by atoms with Crippen molar-refractivity contribution < 1.29 is 4.74 Å². The van der Waals surface area contributed by atoms with Crippen molar-refractivity contribution in [2.75, 3.05) is 7.11 Å². The standard InChI is InChI=1S/C10H17NO/c1-4-6-9(11)8-10(12-3)7-5-2/h4-5,7-8,10H,1,6,11H2,2-3H3/b7-5-,9-8+. The van der Waals surface area contributed by atoms with E-state index in [9.17, 15) is 0 Å². The maximum absolute atomic E-state index is 5.67. The van der Waals surface area contributed by atoms with E-state index in [4.69, 9.17) is 10.5 Å². The van der Waals surface area contributed by atoms with Crippen molar-refractivity contribution in [2.24, 2.45) is 5.73 Å². The summed E-state index contributed by atoms with van der Waals surface area (Å²) in [7, 11) is 1.66. The summed E-state index contributed by atoms with van der Waals surface area (Å²) in [5.41, 5.74) is 6.45. The molecule has 0 heterocycles. The molecule has 0 radical (unpaired) electrons. The van der Waals surface area contributed by atoms with Crippen LogP contribution in [0.4, 0.5) is 0 Å². The summed E-state index contributed by atoms with van der Waals surface area (Å²) >= 11 is 0. The summed E-state index contributed by atoms with van der Waals surface area (Å²) in [6.45, 7) is 5.55. The molecule has 0 rings (SSSR count). The van der Waals surface area contributed by atoms with Crippen LogP contribution in [0.15, 0.2) is 36.6 Å². The lowest BCUT2D eigenvalue weighted by Gasteiger charge is -2.06. The summed E-state index contributed by atoms with van der Waals surface area (Å²) < 4.78 is 5.13. The van der Waals surface area contributed by atoms with Crippen LogP contribution >= 0.6 is 0 Å². The minimum Gasteiger partial charge on any atom is -0.402 e. The Morgan fingerprint density at radius 2 is 2.33 bits per heavy atom. The van der Waals surface area contributed by atoms with Gasteiger partial charge in [0.2, 0.25) is 0 Å². The molecule has 2 N–H and O–H groups in total. The Bertz CT molecular complexity index is 182. The van der Waals surface area contributed by atoms with Gasteiger partial charge in [-0.05, 0) is 13.0 Å². The Labute approximate surface area is 74.4 Å². The third-order valence-electron chi connectivity index (χ3n) is 1.41. The quantitative estimate of drug-likeness (QED) is 0.635. The Morgan fingerprint density at radius 1 is 1.67 bits per heavy atom. The van der Waals surface area contributed by atoms with Gasteiger partial charge in [-0.15, -0.1) is 6.58 Å². The van der Waals surface area contributed by atoms with Crippen molar-refractivity contribution in [2.45, 2.75) is 19.4 Å². The molecule has 0 aromatic heterocycles. The SMILES string of the molecule is C=CC/C(N)=C\C(/C=C\C)OC. The fourth-order valence-electron chi connectivity index (χ4n) is 0.838. The highest BCUT2D eigenvalue weighted by Crippen LogP contribution is 2.00. The summed E-state index contributed by atoms with van der Waals surface area (Å²) in [5.74, 6) is 0. The molecule has 0 aromatic carbocycles. The first-order chi connectivity index (χ1) is 5.74. The van der Waals surface area contributed by atoms with Gasteiger partial charge in [-0.3, -0.25) is 0 Å². The molecule has 1 atom stereocenters. The predicted octanol–water partition coefficient (Wildman–Crippen LogP) is 2.00. The van der Waals surface area contributed by atoms with Crippen LogP contribution in [-0.4, -0.2) is 13.2 Å². The van der Waals surface area contributed by atoms with E-state index in [1.54, 1.807) is 13.2 Å². The second kappa shape index (κ2) is 6.68. The minimum absolute atomic E-state index is 0.0186. The fraction of sp³-hybridized carbons (Fsp3) is 0.400. The molecule has 0 amide bonds. The molecule has 0 saturated heterocycles. The first-order valence-corrected chi connectivity index (χ1v) is 3.97. The van der Waals surface area contributed by atoms with Crippen LogP contribution in [0.2, 0.25) is 0 Å². The van der Waals surface area contributed by atoms with Crippen LogP contribution in [0, 0.1) is 0 Å². The lowest BCUT2D eigenvalue weighted by Crippen LogP contribution is -2.07. The van der Waals surface area contributed by atoms with Crippen LogP contribution in [0.1, 0.15) is 13.3 Å². The van der Waals surface area contributed by atoms with E-state index in [-0.39, 0.29) is 6.10 Å². The molecule has 2 nitrogen and oxygen atoms in total. The van der Waals surface area contributed by atoms with Crippen molar-refractivity contribution in [1.82, 2.24) is 0 Å². The van der Waals surface area contributed by atoms with Crippen molar-refractivity contribution >= 4 is 0 Å². The van der Waals surface area contributed by atoms with Gasteiger partial charge in [0.25, 0.3) is 0 Å². The predicted molar refractivity (Wildman–Crippen MR) is 52.7 cm³/mol. The van der Waals surface area contributed by atoms with E-state index >= 15 is 0 Å². The van der Waals surface area contributed by atoms with Gasteiger partial charge >= 0.3 is 0 Å². The molecule has 0 aliphatic heterocycles. The van der Waals surface area contributed by atoms with Gasteiger partial charge in [0.1, 0.15) is 0 Å². The second-order valence-corrected chi connectivity index (χ2v) is 2.46. The first-order valence-electron chi connectivity index (χ1n) is 3.97. The summed E-state index contributed by atoms with van der Waals surface area (Å²) in [6.07, 6.45) is 8.21. The molecule has 12 heavy (non-hydrogen) atoms. The lowest BCUT2D eigenvalue weighted by atomic mass is 10.2. The molecule has 0 aromatic rings. The van der Waals surface area contributed by atoms with Crippen molar-refractivity contribution in [3.05, 3.63) is 36.6 Å². The number of hydrogen-bond donors (Lipinski definition) is 1. The summed E-state index contributed by atoms with van der Waals surface area (Å²) in [4.78, 5) is 0. The first kappa shape index (κ1) is 11.0. The number of hydrogen-bond acceptors (Lipinski definition) is 2. The van der Waals surface area contributed by atoms with Gasteiger partial charge in [-0.25, -0.2) is 0 Å². The molecule has 0 spiro atoms. The number of rotatable bonds is 5. The third kappa shape index (κ3) is 4.74. The molecule has 0 aliphatic carbocycles.